The van der Waals surface area contributed by atoms with Crippen molar-refractivity contribution in [3.8, 4) is 0 Å². The number of likely N-dealkylation sites (tertiary alicyclic amines) is 1. The Morgan fingerprint density at radius 3 is 2.60 bits per heavy atom. The summed E-state index contributed by atoms with van der Waals surface area (Å²) in [5.41, 5.74) is 1.22. The monoisotopic (exact) mass is 280 g/mol. The molecule has 1 atom stereocenters. The third-order valence-electron chi connectivity index (χ3n) is 3.92. The van der Waals surface area contributed by atoms with E-state index >= 15 is 0 Å². The minimum Gasteiger partial charge on any atom is -0.312 e. The van der Waals surface area contributed by atoms with Gasteiger partial charge in [0.1, 0.15) is 6.17 Å². The summed E-state index contributed by atoms with van der Waals surface area (Å²) in [7, 11) is 0. The SMILES string of the molecule is CC(C)CC(C)n1cc(CCN2CC(F)C2)ccc1=O. The standard InChI is InChI=1S/C16H25FN2O/c1-12(2)8-13(3)19-9-14(4-5-16(19)20)6-7-18-10-15(17)11-18/h4-5,9,12-13,15H,6-8,10-11H2,1-3H3. The number of nitrogens with zero attached hydrogens (tertiary/aromatic N) is 2. The van der Waals surface area contributed by atoms with Gasteiger partial charge in [0.05, 0.1) is 0 Å². The Hall–Kier alpha value is -1.16. The summed E-state index contributed by atoms with van der Waals surface area (Å²) in [5.74, 6) is 0.572. The molecule has 20 heavy (non-hydrogen) atoms. The molecule has 112 valence electrons. The van der Waals surface area contributed by atoms with Crippen molar-refractivity contribution in [1.29, 1.82) is 0 Å². The van der Waals surface area contributed by atoms with Gasteiger partial charge in [-0.15, -0.1) is 0 Å². The molecule has 0 saturated carbocycles. The molecule has 1 aromatic heterocycles. The lowest BCUT2D eigenvalue weighted by Gasteiger charge is -2.34. The lowest BCUT2D eigenvalue weighted by molar-refractivity contribution is 0.0670. The van der Waals surface area contributed by atoms with Crippen molar-refractivity contribution in [3.63, 3.8) is 0 Å². The van der Waals surface area contributed by atoms with Gasteiger partial charge in [-0.1, -0.05) is 19.9 Å². The van der Waals surface area contributed by atoms with Crippen molar-refractivity contribution < 1.29 is 4.39 Å². The molecule has 0 spiro atoms. The third-order valence-corrected chi connectivity index (χ3v) is 3.92. The summed E-state index contributed by atoms with van der Waals surface area (Å²) in [6.45, 7) is 8.42. The van der Waals surface area contributed by atoms with E-state index in [9.17, 15) is 9.18 Å². The Kier molecular flexibility index (Phi) is 4.97. The number of rotatable bonds is 6. The van der Waals surface area contributed by atoms with Gasteiger partial charge in [-0.2, -0.15) is 0 Å². The van der Waals surface area contributed by atoms with Gasteiger partial charge in [0, 0.05) is 37.9 Å². The molecule has 0 radical (unpaired) electrons. The Bertz CT molecular complexity index is 491. The zero-order valence-electron chi connectivity index (χ0n) is 12.7. The first-order valence-corrected chi connectivity index (χ1v) is 7.53. The van der Waals surface area contributed by atoms with Crippen LogP contribution in [0.2, 0.25) is 0 Å². The quantitative estimate of drug-likeness (QED) is 0.800. The summed E-state index contributed by atoms with van der Waals surface area (Å²) >= 11 is 0. The van der Waals surface area contributed by atoms with E-state index in [1.54, 1.807) is 6.07 Å². The molecule has 1 aliphatic heterocycles. The van der Waals surface area contributed by atoms with E-state index in [0.717, 1.165) is 24.9 Å². The van der Waals surface area contributed by atoms with Crippen LogP contribution in [0, 0.1) is 5.92 Å². The average Bonchev–Trinajstić information content (AvgIpc) is 2.34. The van der Waals surface area contributed by atoms with E-state index in [1.807, 2.05) is 16.8 Å². The first-order valence-electron chi connectivity index (χ1n) is 7.53. The van der Waals surface area contributed by atoms with Crippen molar-refractivity contribution in [3.05, 3.63) is 34.2 Å². The Balaban J connectivity index is 1.98. The van der Waals surface area contributed by atoms with Crippen molar-refractivity contribution in [2.45, 2.75) is 45.8 Å². The first kappa shape index (κ1) is 15.2. The Morgan fingerprint density at radius 2 is 2.00 bits per heavy atom. The molecule has 1 fully saturated rings. The minimum absolute atomic E-state index is 0.0645. The molecule has 0 bridgehead atoms. The van der Waals surface area contributed by atoms with Crippen molar-refractivity contribution in [1.82, 2.24) is 9.47 Å². The van der Waals surface area contributed by atoms with Crippen LogP contribution in [0.15, 0.2) is 23.1 Å². The van der Waals surface area contributed by atoms with Gasteiger partial charge in [0.15, 0.2) is 0 Å². The minimum atomic E-state index is -0.644. The number of pyridine rings is 1. The van der Waals surface area contributed by atoms with Crippen LogP contribution in [-0.2, 0) is 6.42 Å². The third kappa shape index (κ3) is 3.92. The van der Waals surface area contributed by atoms with Gasteiger partial charge in [0.2, 0.25) is 0 Å². The van der Waals surface area contributed by atoms with Crippen molar-refractivity contribution in [2.24, 2.45) is 5.92 Å². The molecule has 2 heterocycles. The summed E-state index contributed by atoms with van der Waals surface area (Å²) in [4.78, 5) is 14.1. The molecule has 0 aliphatic carbocycles. The zero-order chi connectivity index (χ0) is 14.7. The fourth-order valence-electron chi connectivity index (χ4n) is 2.81. The average molecular weight is 280 g/mol. The van der Waals surface area contributed by atoms with E-state index in [4.69, 9.17) is 0 Å². The van der Waals surface area contributed by atoms with Gasteiger partial charge in [0.25, 0.3) is 5.56 Å². The van der Waals surface area contributed by atoms with Crippen LogP contribution in [-0.4, -0.2) is 35.3 Å². The van der Waals surface area contributed by atoms with Crippen LogP contribution >= 0.6 is 0 Å². The van der Waals surface area contributed by atoms with E-state index in [-0.39, 0.29) is 11.6 Å². The number of hydrogen-bond donors (Lipinski definition) is 0. The highest BCUT2D eigenvalue weighted by molar-refractivity contribution is 5.11. The largest absolute Gasteiger partial charge is 0.312 e. The fraction of sp³-hybridized carbons (Fsp3) is 0.688. The van der Waals surface area contributed by atoms with Gasteiger partial charge < -0.3 is 4.57 Å². The summed E-state index contributed by atoms with van der Waals surface area (Å²) in [6.07, 6.45) is 3.21. The highest BCUT2D eigenvalue weighted by atomic mass is 19.1. The van der Waals surface area contributed by atoms with E-state index in [0.29, 0.717) is 19.0 Å². The van der Waals surface area contributed by atoms with Crippen molar-refractivity contribution >= 4 is 0 Å². The number of hydrogen-bond acceptors (Lipinski definition) is 2. The second-order valence-electron chi connectivity index (χ2n) is 6.37. The maximum atomic E-state index is 12.8. The molecule has 1 saturated heterocycles. The van der Waals surface area contributed by atoms with Gasteiger partial charge in [-0.05, 0) is 31.2 Å². The van der Waals surface area contributed by atoms with Crippen LogP contribution in [0.3, 0.4) is 0 Å². The van der Waals surface area contributed by atoms with Gasteiger partial charge in [-0.3, -0.25) is 9.69 Å². The predicted octanol–water partition coefficient (Wildman–Crippen LogP) is 2.65. The topological polar surface area (TPSA) is 25.2 Å². The molecule has 0 aromatic carbocycles. The molecule has 0 amide bonds. The normalized spacial score (nSPS) is 18.2. The highest BCUT2D eigenvalue weighted by Crippen LogP contribution is 2.16. The fourth-order valence-corrected chi connectivity index (χ4v) is 2.81. The number of aromatic nitrogens is 1. The molecule has 0 N–H and O–H groups in total. The maximum absolute atomic E-state index is 12.8. The summed E-state index contributed by atoms with van der Waals surface area (Å²) in [6, 6.07) is 3.77. The molecule has 1 aliphatic rings. The number of alkyl halides is 1. The van der Waals surface area contributed by atoms with Crippen LogP contribution in [0.5, 0.6) is 0 Å². The van der Waals surface area contributed by atoms with Crippen LogP contribution < -0.4 is 5.56 Å². The molecular weight excluding hydrogens is 255 g/mol. The molecule has 3 nitrogen and oxygen atoms in total. The van der Waals surface area contributed by atoms with Gasteiger partial charge in [-0.25, -0.2) is 4.39 Å². The molecule has 2 rings (SSSR count). The molecule has 1 unspecified atom stereocenters. The summed E-state index contributed by atoms with van der Waals surface area (Å²) in [5, 5.41) is 0. The van der Waals surface area contributed by atoms with Gasteiger partial charge >= 0.3 is 0 Å². The summed E-state index contributed by atoms with van der Waals surface area (Å²) < 4.78 is 14.6. The maximum Gasteiger partial charge on any atom is 0.250 e. The van der Waals surface area contributed by atoms with Crippen LogP contribution in [0.4, 0.5) is 4.39 Å². The van der Waals surface area contributed by atoms with Crippen LogP contribution in [0.1, 0.15) is 38.8 Å². The van der Waals surface area contributed by atoms with E-state index < -0.39 is 6.17 Å². The second kappa shape index (κ2) is 6.53. The van der Waals surface area contributed by atoms with E-state index in [1.165, 1.54) is 0 Å². The smallest absolute Gasteiger partial charge is 0.250 e. The molecular formula is C16H25FN2O. The Labute approximate surface area is 120 Å². The second-order valence-corrected chi connectivity index (χ2v) is 6.37. The lowest BCUT2D eigenvalue weighted by Crippen LogP contribution is -2.48. The predicted molar refractivity (Wildman–Crippen MR) is 79.9 cm³/mol. The van der Waals surface area contributed by atoms with Crippen molar-refractivity contribution in [2.75, 3.05) is 19.6 Å². The highest BCUT2D eigenvalue weighted by Gasteiger charge is 2.25. The Morgan fingerprint density at radius 1 is 1.30 bits per heavy atom. The zero-order valence-corrected chi connectivity index (χ0v) is 12.7. The molecule has 1 aromatic rings. The first-order chi connectivity index (χ1) is 9.45. The van der Waals surface area contributed by atoms with Crippen LogP contribution in [0.25, 0.3) is 0 Å². The molecule has 4 heteroatoms. The number of halogens is 1. The lowest BCUT2D eigenvalue weighted by atomic mass is 10.0. The van der Waals surface area contributed by atoms with E-state index in [2.05, 4.69) is 25.7 Å².